The molecule has 1 aromatic rings. The van der Waals surface area contributed by atoms with Crippen LogP contribution in [0.1, 0.15) is 29.3 Å². The number of phenolic OH excluding ortho intramolecular Hbond substituents is 1. The Bertz CT molecular complexity index is 516. The highest BCUT2D eigenvalue weighted by Crippen LogP contribution is 2.26. The van der Waals surface area contributed by atoms with Crippen LogP contribution < -0.4 is 0 Å². The molecule has 0 amide bonds. The van der Waals surface area contributed by atoms with E-state index in [9.17, 15) is 15.0 Å². The van der Waals surface area contributed by atoms with Gasteiger partial charge in [0.1, 0.15) is 5.75 Å². The lowest BCUT2D eigenvalue weighted by atomic mass is 10.1. The molecule has 1 aliphatic rings. The van der Waals surface area contributed by atoms with Gasteiger partial charge in [-0.05, 0) is 45.6 Å². The minimum atomic E-state index is -0.326. The van der Waals surface area contributed by atoms with Gasteiger partial charge in [0.2, 0.25) is 0 Å². The highest BCUT2D eigenvalue weighted by atomic mass is 16.3. The minimum Gasteiger partial charge on any atom is -0.508 e. The van der Waals surface area contributed by atoms with E-state index in [1.165, 1.54) is 6.92 Å². The van der Waals surface area contributed by atoms with E-state index in [-0.39, 0.29) is 23.7 Å². The number of benzene rings is 1. The van der Waals surface area contributed by atoms with E-state index in [2.05, 4.69) is 9.80 Å². The SMILES string of the molecule is CC(=O)c1ccc(O)c(CN2CC(O)CC2CN(C)C)c1. The van der Waals surface area contributed by atoms with Gasteiger partial charge in [0.15, 0.2) is 5.78 Å². The Hall–Kier alpha value is -1.43. The van der Waals surface area contributed by atoms with E-state index in [4.69, 9.17) is 0 Å². The van der Waals surface area contributed by atoms with Gasteiger partial charge in [-0.1, -0.05) is 0 Å². The van der Waals surface area contributed by atoms with Crippen molar-refractivity contribution >= 4 is 5.78 Å². The summed E-state index contributed by atoms with van der Waals surface area (Å²) in [6.07, 6.45) is 0.416. The van der Waals surface area contributed by atoms with Crippen molar-refractivity contribution in [1.29, 1.82) is 0 Å². The van der Waals surface area contributed by atoms with Gasteiger partial charge in [0.25, 0.3) is 0 Å². The van der Waals surface area contributed by atoms with E-state index in [1.54, 1.807) is 18.2 Å². The smallest absolute Gasteiger partial charge is 0.159 e. The summed E-state index contributed by atoms with van der Waals surface area (Å²) < 4.78 is 0. The number of nitrogens with zero attached hydrogens (tertiary/aromatic N) is 2. The molecule has 1 aromatic carbocycles. The van der Waals surface area contributed by atoms with Crippen molar-refractivity contribution in [2.45, 2.75) is 32.0 Å². The van der Waals surface area contributed by atoms with Crippen LogP contribution in [-0.4, -0.2) is 65.1 Å². The zero-order chi connectivity index (χ0) is 15.6. The lowest BCUT2D eigenvalue weighted by Crippen LogP contribution is -2.37. The molecule has 1 fully saturated rings. The Balaban J connectivity index is 2.16. The molecular weight excluding hydrogens is 268 g/mol. The van der Waals surface area contributed by atoms with Crippen LogP contribution in [0.3, 0.4) is 0 Å². The van der Waals surface area contributed by atoms with Crippen molar-refractivity contribution in [2.24, 2.45) is 0 Å². The Morgan fingerprint density at radius 1 is 1.43 bits per heavy atom. The van der Waals surface area contributed by atoms with Crippen LogP contribution in [0.25, 0.3) is 0 Å². The van der Waals surface area contributed by atoms with Gasteiger partial charge in [0, 0.05) is 36.8 Å². The largest absolute Gasteiger partial charge is 0.508 e. The zero-order valence-electron chi connectivity index (χ0n) is 12.9. The van der Waals surface area contributed by atoms with Crippen molar-refractivity contribution in [3.63, 3.8) is 0 Å². The third kappa shape index (κ3) is 4.03. The van der Waals surface area contributed by atoms with Gasteiger partial charge >= 0.3 is 0 Å². The van der Waals surface area contributed by atoms with Crippen molar-refractivity contribution in [1.82, 2.24) is 9.80 Å². The number of Topliss-reactive ketones (excluding diaryl/α,β-unsaturated/α-hetero) is 1. The van der Waals surface area contributed by atoms with Crippen LogP contribution in [0.4, 0.5) is 0 Å². The quantitative estimate of drug-likeness (QED) is 0.796. The van der Waals surface area contributed by atoms with Crippen molar-refractivity contribution in [2.75, 3.05) is 27.2 Å². The fraction of sp³-hybridized carbons (Fsp3) is 0.562. The number of likely N-dealkylation sites (tertiary alicyclic amines) is 1. The van der Waals surface area contributed by atoms with Crippen LogP contribution in [-0.2, 0) is 6.54 Å². The number of rotatable bonds is 5. The second-order valence-corrected chi connectivity index (χ2v) is 6.13. The Morgan fingerprint density at radius 3 is 2.76 bits per heavy atom. The number of carbonyl (C=O) groups excluding carboxylic acids is 1. The molecule has 2 N–H and O–H groups in total. The number of hydrogen-bond acceptors (Lipinski definition) is 5. The van der Waals surface area contributed by atoms with Gasteiger partial charge < -0.3 is 15.1 Å². The van der Waals surface area contributed by atoms with Crippen LogP contribution >= 0.6 is 0 Å². The molecule has 5 nitrogen and oxygen atoms in total. The van der Waals surface area contributed by atoms with Crippen molar-refractivity contribution in [3.8, 4) is 5.75 Å². The first-order valence-electron chi connectivity index (χ1n) is 7.26. The molecule has 0 saturated carbocycles. The molecule has 2 atom stereocenters. The first-order valence-corrected chi connectivity index (χ1v) is 7.26. The summed E-state index contributed by atoms with van der Waals surface area (Å²) in [4.78, 5) is 15.7. The molecule has 0 aromatic heterocycles. The van der Waals surface area contributed by atoms with Gasteiger partial charge in [-0.3, -0.25) is 9.69 Å². The fourth-order valence-corrected chi connectivity index (χ4v) is 2.91. The Labute approximate surface area is 125 Å². The van der Waals surface area contributed by atoms with Crippen LogP contribution in [0.2, 0.25) is 0 Å². The number of hydrogen-bond donors (Lipinski definition) is 2. The van der Waals surface area contributed by atoms with Crippen LogP contribution in [0, 0.1) is 0 Å². The normalized spacial score (nSPS) is 22.9. The predicted molar refractivity (Wildman–Crippen MR) is 81.5 cm³/mol. The highest BCUT2D eigenvalue weighted by Gasteiger charge is 2.31. The molecule has 1 heterocycles. The second-order valence-electron chi connectivity index (χ2n) is 6.13. The predicted octanol–water partition coefficient (Wildman–Crippen LogP) is 1.09. The van der Waals surface area contributed by atoms with Gasteiger partial charge in [-0.15, -0.1) is 0 Å². The Morgan fingerprint density at radius 2 is 2.14 bits per heavy atom. The lowest BCUT2D eigenvalue weighted by molar-refractivity contribution is 0.101. The molecule has 0 aliphatic carbocycles. The lowest BCUT2D eigenvalue weighted by Gasteiger charge is -2.27. The van der Waals surface area contributed by atoms with Gasteiger partial charge in [-0.2, -0.15) is 0 Å². The number of aromatic hydroxyl groups is 1. The Kier molecular flexibility index (Phi) is 4.98. The molecule has 2 rings (SSSR count). The summed E-state index contributed by atoms with van der Waals surface area (Å²) in [5.74, 6) is 0.188. The molecular formula is C16H24N2O3. The van der Waals surface area contributed by atoms with E-state index in [0.29, 0.717) is 18.7 Å². The molecule has 116 valence electrons. The highest BCUT2D eigenvalue weighted by molar-refractivity contribution is 5.94. The molecule has 1 saturated heterocycles. The fourth-order valence-electron chi connectivity index (χ4n) is 2.91. The summed E-state index contributed by atoms with van der Waals surface area (Å²) in [6, 6.07) is 5.21. The first kappa shape index (κ1) is 15.9. The maximum absolute atomic E-state index is 11.5. The van der Waals surface area contributed by atoms with Crippen molar-refractivity contribution in [3.05, 3.63) is 29.3 Å². The molecule has 0 radical (unpaired) electrons. The van der Waals surface area contributed by atoms with E-state index in [1.807, 2.05) is 14.1 Å². The van der Waals surface area contributed by atoms with Gasteiger partial charge in [-0.25, -0.2) is 0 Å². The summed E-state index contributed by atoms with van der Waals surface area (Å²) in [6.45, 7) is 3.53. The van der Waals surface area contributed by atoms with Crippen molar-refractivity contribution < 1.29 is 15.0 Å². The summed E-state index contributed by atoms with van der Waals surface area (Å²) in [5, 5.41) is 19.9. The number of phenols is 1. The third-order valence-electron chi connectivity index (χ3n) is 3.94. The minimum absolute atomic E-state index is 0.0115. The monoisotopic (exact) mass is 292 g/mol. The van der Waals surface area contributed by atoms with Crippen LogP contribution in [0.15, 0.2) is 18.2 Å². The number of likely N-dealkylation sites (N-methyl/N-ethyl adjacent to an activating group) is 1. The number of aliphatic hydroxyl groups excluding tert-OH is 1. The molecule has 2 unspecified atom stereocenters. The van der Waals surface area contributed by atoms with Gasteiger partial charge in [0.05, 0.1) is 6.10 Å². The molecule has 5 heteroatoms. The molecule has 0 bridgehead atoms. The number of ketones is 1. The average molecular weight is 292 g/mol. The molecule has 21 heavy (non-hydrogen) atoms. The number of carbonyl (C=O) groups is 1. The molecule has 1 aliphatic heterocycles. The van der Waals surface area contributed by atoms with E-state index < -0.39 is 0 Å². The average Bonchev–Trinajstić information content (AvgIpc) is 2.71. The summed E-state index contributed by atoms with van der Waals surface area (Å²) in [7, 11) is 4.02. The molecule has 0 spiro atoms. The second kappa shape index (κ2) is 6.56. The zero-order valence-corrected chi connectivity index (χ0v) is 12.9. The van der Waals surface area contributed by atoms with E-state index in [0.717, 1.165) is 18.5 Å². The van der Waals surface area contributed by atoms with E-state index >= 15 is 0 Å². The third-order valence-corrected chi connectivity index (χ3v) is 3.94. The number of aliphatic hydroxyl groups is 1. The summed E-state index contributed by atoms with van der Waals surface area (Å²) >= 11 is 0. The summed E-state index contributed by atoms with van der Waals surface area (Å²) in [5.41, 5.74) is 1.34. The standard InChI is InChI=1S/C16H24N2O3/c1-11(19)12-4-5-16(21)13(6-12)8-18-10-15(20)7-14(18)9-17(2)3/h4-6,14-15,20-21H,7-10H2,1-3H3. The first-order chi connectivity index (χ1) is 9.86. The maximum atomic E-state index is 11.5. The van der Waals surface area contributed by atoms with Crippen LogP contribution in [0.5, 0.6) is 5.75 Å². The number of β-amino-alcohol motifs (C(OH)–C–C–N with tert-alkyl or cyclic N) is 1. The topological polar surface area (TPSA) is 64.0 Å². The maximum Gasteiger partial charge on any atom is 0.159 e.